The molecule has 0 aliphatic carbocycles. The second kappa shape index (κ2) is 11.9. The van der Waals surface area contributed by atoms with Crippen LogP contribution in [-0.4, -0.2) is 50.5 Å². The van der Waals surface area contributed by atoms with E-state index in [0.29, 0.717) is 27.8 Å². The molecular weight excluding hydrogens is 497 g/mol. The van der Waals surface area contributed by atoms with Gasteiger partial charge in [-0.25, -0.2) is 8.42 Å². The van der Waals surface area contributed by atoms with Crippen LogP contribution in [0, 0.1) is 13.8 Å². The summed E-state index contributed by atoms with van der Waals surface area (Å²) in [6, 6.07) is 9.31. The van der Waals surface area contributed by atoms with Gasteiger partial charge < -0.3 is 10.2 Å². The summed E-state index contributed by atoms with van der Waals surface area (Å²) < 4.78 is 26.3. The minimum atomic E-state index is -3.77. The standard InChI is InChI=1S/C24H31Cl2N3O4S/c1-6-11-27-24(31)18(4)28(14-19-8-10-21(25)22(26)13-19)23(30)15-29(34(5,32)33)20-9-7-16(2)17(3)12-20/h7-10,12-13,18H,6,11,14-15H2,1-5H3,(H,27,31)/t18-/m1/s1. The molecule has 0 heterocycles. The predicted octanol–water partition coefficient (Wildman–Crippen LogP) is 4.32. The number of anilines is 1. The average Bonchev–Trinajstić information content (AvgIpc) is 2.77. The maximum Gasteiger partial charge on any atom is 0.244 e. The van der Waals surface area contributed by atoms with E-state index in [1.165, 1.54) is 4.90 Å². The molecule has 10 heteroatoms. The zero-order valence-electron chi connectivity index (χ0n) is 20.1. The molecule has 0 fully saturated rings. The summed E-state index contributed by atoms with van der Waals surface area (Å²) in [6.07, 6.45) is 1.80. The Kier molecular flexibility index (Phi) is 9.79. The molecule has 186 valence electrons. The van der Waals surface area contributed by atoms with Crippen LogP contribution in [0.4, 0.5) is 5.69 Å². The first kappa shape index (κ1) is 28.0. The Morgan fingerprint density at radius 3 is 2.26 bits per heavy atom. The smallest absolute Gasteiger partial charge is 0.244 e. The number of nitrogens with one attached hydrogen (secondary N) is 1. The zero-order chi connectivity index (χ0) is 25.6. The summed E-state index contributed by atoms with van der Waals surface area (Å²) in [4.78, 5) is 27.5. The van der Waals surface area contributed by atoms with Gasteiger partial charge in [-0.2, -0.15) is 0 Å². The van der Waals surface area contributed by atoms with Gasteiger partial charge in [0.05, 0.1) is 22.0 Å². The Morgan fingerprint density at radius 2 is 1.71 bits per heavy atom. The van der Waals surface area contributed by atoms with Crippen LogP contribution in [0.3, 0.4) is 0 Å². The van der Waals surface area contributed by atoms with E-state index in [4.69, 9.17) is 23.2 Å². The number of rotatable bonds is 10. The van der Waals surface area contributed by atoms with Crippen LogP contribution in [0.5, 0.6) is 0 Å². The van der Waals surface area contributed by atoms with Gasteiger partial charge in [-0.1, -0.05) is 42.3 Å². The van der Waals surface area contributed by atoms with Gasteiger partial charge in [0.15, 0.2) is 0 Å². The molecule has 0 bridgehead atoms. The zero-order valence-corrected chi connectivity index (χ0v) is 22.4. The van der Waals surface area contributed by atoms with Gasteiger partial charge in [0.2, 0.25) is 21.8 Å². The monoisotopic (exact) mass is 527 g/mol. The molecule has 1 N–H and O–H groups in total. The first-order chi connectivity index (χ1) is 15.8. The van der Waals surface area contributed by atoms with Gasteiger partial charge in [0.1, 0.15) is 12.6 Å². The molecule has 2 rings (SSSR count). The van der Waals surface area contributed by atoms with Crippen molar-refractivity contribution in [1.82, 2.24) is 10.2 Å². The lowest BCUT2D eigenvalue weighted by Crippen LogP contribution is -2.51. The van der Waals surface area contributed by atoms with Crippen molar-refractivity contribution in [2.75, 3.05) is 23.7 Å². The maximum atomic E-state index is 13.5. The molecular formula is C24H31Cl2N3O4S. The lowest BCUT2D eigenvalue weighted by molar-refractivity contribution is -0.139. The summed E-state index contributed by atoms with van der Waals surface area (Å²) in [6.45, 7) is 7.41. The van der Waals surface area contributed by atoms with Gasteiger partial charge in [0, 0.05) is 13.1 Å². The first-order valence-corrected chi connectivity index (χ1v) is 13.5. The Labute approximate surface area is 212 Å². The van der Waals surface area contributed by atoms with Crippen molar-refractivity contribution in [2.24, 2.45) is 0 Å². The van der Waals surface area contributed by atoms with E-state index >= 15 is 0 Å². The molecule has 2 amide bonds. The van der Waals surface area contributed by atoms with Gasteiger partial charge in [-0.15, -0.1) is 0 Å². The van der Waals surface area contributed by atoms with Gasteiger partial charge >= 0.3 is 0 Å². The van der Waals surface area contributed by atoms with E-state index < -0.39 is 28.5 Å². The molecule has 2 aromatic carbocycles. The number of benzene rings is 2. The van der Waals surface area contributed by atoms with Crippen molar-refractivity contribution in [1.29, 1.82) is 0 Å². The third-order valence-corrected chi connectivity index (χ3v) is 7.39. The van der Waals surface area contributed by atoms with Crippen molar-refractivity contribution in [3.05, 3.63) is 63.1 Å². The van der Waals surface area contributed by atoms with E-state index in [0.717, 1.165) is 28.1 Å². The average molecular weight is 529 g/mol. The normalized spacial score (nSPS) is 12.2. The van der Waals surface area contributed by atoms with E-state index in [2.05, 4.69) is 5.32 Å². The molecule has 0 unspecified atom stereocenters. The Morgan fingerprint density at radius 1 is 1.03 bits per heavy atom. The fourth-order valence-electron chi connectivity index (χ4n) is 3.31. The summed E-state index contributed by atoms with van der Waals surface area (Å²) >= 11 is 12.1. The van der Waals surface area contributed by atoms with E-state index in [9.17, 15) is 18.0 Å². The highest BCUT2D eigenvalue weighted by Crippen LogP contribution is 2.25. The highest BCUT2D eigenvalue weighted by molar-refractivity contribution is 7.92. The molecule has 7 nitrogen and oxygen atoms in total. The number of carbonyl (C=O) groups excluding carboxylic acids is 2. The molecule has 0 aliphatic heterocycles. The minimum absolute atomic E-state index is 0.0565. The summed E-state index contributed by atoms with van der Waals surface area (Å²) in [7, 11) is -3.77. The van der Waals surface area contributed by atoms with Crippen LogP contribution in [-0.2, 0) is 26.2 Å². The lowest BCUT2D eigenvalue weighted by Gasteiger charge is -2.31. The van der Waals surface area contributed by atoms with Crippen LogP contribution < -0.4 is 9.62 Å². The van der Waals surface area contributed by atoms with Crippen molar-refractivity contribution in [3.63, 3.8) is 0 Å². The van der Waals surface area contributed by atoms with Crippen molar-refractivity contribution in [2.45, 2.75) is 46.7 Å². The molecule has 0 aliphatic rings. The number of carbonyl (C=O) groups is 2. The maximum absolute atomic E-state index is 13.5. The molecule has 1 atom stereocenters. The summed E-state index contributed by atoms with van der Waals surface area (Å²) in [5, 5.41) is 3.48. The lowest BCUT2D eigenvalue weighted by atomic mass is 10.1. The summed E-state index contributed by atoms with van der Waals surface area (Å²) in [5.41, 5.74) is 2.95. The highest BCUT2D eigenvalue weighted by atomic mass is 35.5. The van der Waals surface area contributed by atoms with Crippen molar-refractivity contribution < 1.29 is 18.0 Å². The largest absolute Gasteiger partial charge is 0.354 e. The van der Waals surface area contributed by atoms with Crippen LogP contribution in [0.15, 0.2) is 36.4 Å². The van der Waals surface area contributed by atoms with Crippen molar-refractivity contribution in [3.8, 4) is 0 Å². The number of sulfonamides is 1. The number of nitrogens with zero attached hydrogens (tertiary/aromatic N) is 2. The third-order valence-electron chi connectivity index (χ3n) is 5.51. The van der Waals surface area contributed by atoms with Gasteiger partial charge in [0.25, 0.3) is 0 Å². The Balaban J connectivity index is 2.41. The molecule has 0 saturated heterocycles. The fraction of sp³-hybridized carbons (Fsp3) is 0.417. The second-order valence-electron chi connectivity index (χ2n) is 8.28. The van der Waals surface area contributed by atoms with Gasteiger partial charge in [-0.05, 0) is 68.1 Å². The second-order valence-corrected chi connectivity index (χ2v) is 11.0. The highest BCUT2D eigenvalue weighted by Gasteiger charge is 2.30. The molecule has 0 saturated carbocycles. The van der Waals surface area contributed by atoms with E-state index in [1.54, 1.807) is 37.3 Å². The number of amides is 2. The van der Waals surface area contributed by atoms with Crippen LogP contribution in [0.2, 0.25) is 10.0 Å². The minimum Gasteiger partial charge on any atom is -0.354 e. The summed E-state index contributed by atoms with van der Waals surface area (Å²) in [5.74, 6) is -0.846. The predicted molar refractivity (Wildman–Crippen MR) is 138 cm³/mol. The Hall–Kier alpha value is -2.29. The third kappa shape index (κ3) is 7.35. The van der Waals surface area contributed by atoms with Crippen LogP contribution >= 0.6 is 23.2 Å². The topological polar surface area (TPSA) is 86.8 Å². The number of hydrogen-bond donors (Lipinski definition) is 1. The molecule has 2 aromatic rings. The first-order valence-electron chi connectivity index (χ1n) is 10.9. The molecule has 34 heavy (non-hydrogen) atoms. The SMILES string of the molecule is CCCNC(=O)[C@@H](C)N(Cc1ccc(Cl)c(Cl)c1)C(=O)CN(c1ccc(C)c(C)c1)S(C)(=O)=O. The van der Waals surface area contributed by atoms with E-state index in [1.807, 2.05) is 26.8 Å². The fourth-order valence-corrected chi connectivity index (χ4v) is 4.47. The molecule has 0 spiro atoms. The van der Waals surface area contributed by atoms with Crippen molar-refractivity contribution >= 4 is 50.7 Å². The van der Waals surface area contributed by atoms with E-state index in [-0.39, 0.29) is 12.5 Å². The van der Waals surface area contributed by atoms with Crippen LogP contribution in [0.25, 0.3) is 0 Å². The number of aryl methyl sites for hydroxylation is 2. The molecule has 0 radical (unpaired) electrons. The number of hydrogen-bond acceptors (Lipinski definition) is 4. The molecule has 0 aromatic heterocycles. The Bertz CT molecular complexity index is 1150. The quantitative estimate of drug-likeness (QED) is 0.498. The van der Waals surface area contributed by atoms with Gasteiger partial charge in [-0.3, -0.25) is 13.9 Å². The van der Waals surface area contributed by atoms with Crippen LogP contribution in [0.1, 0.15) is 37.0 Å². The number of halogens is 2.